The zero-order valence-corrected chi connectivity index (χ0v) is 8.84. The van der Waals surface area contributed by atoms with Crippen LogP contribution in [0, 0.1) is 0 Å². The van der Waals surface area contributed by atoms with Gasteiger partial charge in [0.05, 0.1) is 6.61 Å². The zero-order chi connectivity index (χ0) is 11.2. The van der Waals surface area contributed by atoms with Gasteiger partial charge in [0.2, 0.25) is 5.88 Å². The second-order valence-corrected chi connectivity index (χ2v) is 3.32. The first-order valence-electron chi connectivity index (χ1n) is 5.10. The standard InChI is InChI=1S/C12H13N3O/c13-11-5-3-6-12(15-11)16-9-7-10-4-1-2-8-14-10/h1-6,8H,7,9H2,(H2,13,15). The van der Waals surface area contributed by atoms with E-state index in [2.05, 4.69) is 9.97 Å². The summed E-state index contributed by atoms with van der Waals surface area (Å²) in [6.45, 7) is 0.549. The van der Waals surface area contributed by atoms with Crippen molar-refractivity contribution >= 4 is 5.82 Å². The van der Waals surface area contributed by atoms with Gasteiger partial charge in [-0.2, -0.15) is 4.98 Å². The monoisotopic (exact) mass is 215 g/mol. The number of hydrogen-bond donors (Lipinski definition) is 1. The van der Waals surface area contributed by atoms with Crippen LogP contribution >= 0.6 is 0 Å². The number of nitrogen functional groups attached to an aromatic ring is 1. The van der Waals surface area contributed by atoms with Crippen LogP contribution in [0.2, 0.25) is 0 Å². The van der Waals surface area contributed by atoms with Crippen molar-refractivity contribution in [3.8, 4) is 5.88 Å². The molecule has 0 fully saturated rings. The number of hydrogen-bond acceptors (Lipinski definition) is 4. The lowest BCUT2D eigenvalue weighted by molar-refractivity contribution is 0.309. The second-order valence-electron chi connectivity index (χ2n) is 3.32. The Kier molecular flexibility index (Phi) is 3.33. The highest BCUT2D eigenvalue weighted by Gasteiger charge is 1.97. The Bertz CT molecular complexity index is 445. The highest BCUT2D eigenvalue weighted by atomic mass is 16.5. The summed E-state index contributed by atoms with van der Waals surface area (Å²) in [7, 11) is 0. The van der Waals surface area contributed by atoms with Crippen molar-refractivity contribution in [3.05, 3.63) is 48.3 Å². The quantitative estimate of drug-likeness (QED) is 0.842. The Morgan fingerprint density at radius 3 is 2.81 bits per heavy atom. The zero-order valence-electron chi connectivity index (χ0n) is 8.84. The number of aromatic nitrogens is 2. The Morgan fingerprint density at radius 1 is 1.12 bits per heavy atom. The molecule has 0 amide bonds. The van der Waals surface area contributed by atoms with Gasteiger partial charge < -0.3 is 10.5 Å². The summed E-state index contributed by atoms with van der Waals surface area (Å²) in [5.41, 5.74) is 6.54. The normalized spacial score (nSPS) is 10.0. The first-order valence-corrected chi connectivity index (χ1v) is 5.10. The molecular formula is C12H13N3O. The molecule has 0 saturated carbocycles. The van der Waals surface area contributed by atoms with Crippen LogP contribution in [-0.2, 0) is 6.42 Å². The predicted molar refractivity (Wildman–Crippen MR) is 62.1 cm³/mol. The Hall–Kier alpha value is -2.10. The number of ether oxygens (including phenoxy) is 1. The summed E-state index contributed by atoms with van der Waals surface area (Å²) in [5, 5.41) is 0. The number of anilines is 1. The molecule has 2 rings (SSSR count). The van der Waals surface area contributed by atoms with Crippen molar-refractivity contribution in [2.75, 3.05) is 12.3 Å². The molecule has 0 bridgehead atoms. The van der Waals surface area contributed by atoms with Crippen molar-refractivity contribution in [2.45, 2.75) is 6.42 Å². The lowest BCUT2D eigenvalue weighted by Crippen LogP contribution is -2.04. The molecule has 4 nitrogen and oxygen atoms in total. The van der Waals surface area contributed by atoms with E-state index < -0.39 is 0 Å². The molecule has 16 heavy (non-hydrogen) atoms. The maximum atomic E-state index is 5.54. The van der Waals surface area contributed by atoms with Gasteiger partial charge >= 0.3 is 0 Å². The van der Waals surface area contributed by atoms with E-state index in [1.54, 1.807) is 18.3 Å². The molecule has 0 unspecified atom stereocenters. The van der Waals surface area contributed by atoms with E-state index in [-0.39, 0.29) is 0 Å². The molecule has 2 heterocycles. The molecule has 0 saturated heterocycles. The Balaban J connectivity index is 1.85. The van der Waals surface area contributed by atoms with Crippen molar-refractivity contribution in [2.24, 2.45) is 0 Å². The van der Waals surface area contributed by atoms with E-state index in [1.807, 2.05) is 24.3 Å². The lowest BCUT2D eigenvalue weighted by atomic mass is 10.3. The van der Waals surface area contributed by atoms with Crippen molar-refractivity contribution in [1.29, 1.82) is 0 Å². The first kappa shape index (κ1) is 10.4. The third-order valence-electron chi connectivity index (χ3n) is 2.08. The fourth-order valence-electron chi connectivity index (χ4n) is 1.32. The molecule has 0 spiro atoms. The van der Waals surface area contributed by atoms with Gasteiger partial charge in [0.15, 0.2) is 0 Å². The topological polar surface area (TPSA) is 61.0 Å². The third kappa shape index (κ3) is 2.95. The van der Waals surface area contributed by atoms with E-state index in [4.69, 9.17) is 10.5 Å². The minimum absolute atomic E-state index is 0.468. The van der Waals surface area contributed by atoms with Crippen LogP contribution in [0.15, 0.2) is 42.6 Å². The third-order valence-corrected chi connectivity index (χ3v) is 2.08. The van der Waals surface area contributed by atoms with Crippen LogP contribution < -0.4 is 10.5 Å². The number of pyridine rings is 2. The molecular weight excluding hydrogens is 202 g/mol. The summed E-state index contributed by atoms with van der Waals surface area (Å²) < 4.78 is 5.46. The van der Waals surface area contributed by atoms with Gasteiger partial charge in [-0.1, -0.05) is 12.1 Å². The molecule has 0 aromatic carbocycles. The first-order chi connectivity index (χ1) is 7.84. The highest BCUT2D eigenvalue weighted by Crippen LogP contribution is 2.08. The summed E-state index contributed by atoms with van der Waals surface area (Å²) in [4.78, 5) is 8.24. The number of nitrogens with zero attached hydrogens (tertiary/aromatic N) is 2. The summed E-state index contributed by atoms with van der Waals surface area (Å²) in [5.74, 6) is 1.02. The van der Waals surface area contributed by atoms with Crippen LogP contribution in [0.5, 0.6) is 5.88 Å². The summed E-state index contributed by atoms with van der Waals surface area (Å²) in [6.07, 6.45) is 2.53. The summed E-state index contributed by atoms with van der Waals surface area (Å²) in [6, 6.07) is 11.2. The molecule has 0 aliphatic rings. The molecule has 0 aliphatic carbocycles. The van der Waals surface area contributed by atoms with Crippen molar-refractivity contribution in [1.82, 2.24) is 9.97 Å². The largest absolute Gasteiger partial charge is 0.477 e. The van der Waals surface area contributed by atoms with Crippen LogP contribution in [0.25, 0.3) is 0 Å². The van der Waals surface area contributed by atoms with E-state index in [0.29, 0.717) is 18.3 Å². The SMILES string of the molecule is Nc1cccc(OCCc2ccccn2)n1. The van der Waals surface area contributed by atoms with Crippen molar-refractivity contribution in [3.63, 3.8) is 0 Å². The molecule has 4 heteroatoms. The van der Waals surface area contributed by atoms with Gasteiger partial charge in [-0.25, -0.2) is 0 Å². The fraction of sp³-hybridized carbons (Fsp3) is 0.167. The smallest absolute Gasteiger partial charge is 0.215 e. The number of rotatable bonds is 4. The van der Waals surface area contributed by atoms with Gasteiger partial charge in [-0.15, -0.1) is 0 Å². The fourth-order valence-corrected chi connectivity index (χ4v) is 1.32. The highest BCUT2D eigenvalue weighted by molar-refractivity contribution is 5.31. The van der Waals surface area contributed by atoms with Gasteiger partial charge in [0.25, 0.3) is 0 Å². The molecule has 0 atom stereocenters. The van der Waals surface area contributed by atoms with Gasteiger partial charge in [0, 0.05) is 24.4 Å². The van der Waals surface area contributed by atoms with E-state index in [0.717, 1.165) is 12.1 Å². The molecule has 0 aliphatic heterocycles. The van der Waals surface area contributed by atoms with Gasteiger partial charge in [-0.3, -0.25) is 4.98 Å². The molecule has 2 N–H and O–H groups in total. The maximum Gasteiger partial charge on any atom is 0.215 e. The minimum Gasteiger partial charge on any atom is -0.477 e. The van der Waals surface area contributed by atoms with Gasteiger partial charge in [-0.05, 0) is 18.2 Å². The minimum atomic E-state index is 0.468. The molecule has 2 aromatic rings. The van der Waals surface area contributed by atoms with Crippen LogP contribution in [0.3, 0.4) is 0 Å². The Morgan fingerprint density at radius 2 is 2.06 bits per heavy atom. The van der Waals surface area contributed by atoms with Crippen molar-refractivity contribution < 1.29 is 4.74 Å². The van der Waals surface area contributed by atoms with Crippen LogP contribution in [0.1, 0.15) is 5.69 Å². The molecule has 2 aromatic heterocycles. The summed E-state index contributed by atoms with van der Waals surface area (Å²) >= 11 is 0. The van der Waals surface area contributed by atoms with Crippen LogP contribution in [-0.4, -0.2) is 16.6 Å². The van der Waals surface area contributed by atoms with Gasteiger partial charge in [0.1, 0.15) is 5.82 Å². The average Bonchev–Trinajstić information content (AvgIpc) is 2.30. The Labute approximate surface area is 94.1 Å². The van der Waals surface area contributed by atoms with Crippen LogP contribution in [0.4, 0.5) is 5.82 Å². The predicted octanol–water partition coefficient (Wildman–Crippen LogP) is 1.68. The lowest BCUT2D eigenvalue weighted by Gasteiger charge is -2.04. The second kappa shape index (κ2) is 5.11. The average molecular weight is 215 g/mol. The van der Waals surface area contributed by atoms with E-state index >= 15 is 0 Å². The molecule has 82 valence electrons. The number of nitrogens with two attached hydrogens (primary N) is 1. The molecule has 0 radical (unpaired) electrons. The maximum absolute atomic E-state index is 5.54. The van der Waals surface area contributed by atoms with E-state index in [1.165, 1.54) is 0 Å². The van der Waals surface area contributed by atoms with E-state index in [9.17, 15) is 0 Å².